The molecule has 2 spiro atoms. The summed E-state index contributed by atoms with van der Waals surface area (Å²) in [4.78, 5) is 11.7. The third kappa shape index (κ3) is 2.00. The van der Waals surface area contributed by atoms with Crippen LogP contribution in [-0.4, -0.2) is 60.9 Å². The van der Waals surface area contributed by atoms with Gasteiger partial charge in [0, 0.05) is 36.1 Å². The van der Waals surface area contributed by atoms with E-state index in [-0.39, 0.29) is 5.60 Å². The van der Waals surface area contributed by atoms with E-state index in [4.69, 9.17) is 14.2 Å². The maximum atomic E-state index is 6.35. The predicted molar refractivity (Wildman–Crippen MR) is 102 cm³/mol. The Bertz CT molecular complexity index is 993. The number of pyridine rings is 1. The van der Waals surface area contributed by atoms with Crippen LogP contribution in [-0.2, 0) is 4.74 Å². The number of ether oxygens (including phenoxy) is 3. The lowest BCUT2D eigenvalue weighted by atomic mass is 9.98. The van der Waals surface area contributed by atoms with Gasteiger partial charge in [-0.25, -0.2) is 9.98 Å². The van der Waals surface area contributed by atoms with E-state index in [1.165, 1.54) is 19.4 Å². The molecule has 1 aromatic carbocycles. The van der Waals surface area contributed by atoms with Crippen LogP contribution >= 0.6 is 0 Å². The SMILES string of the molecule is COc1cc2cnc(NC3=NC[C@@]4(CN5CCC56CC64)O3)cc2cc1OC. The van der Waals surface area contributed by atoms with E-state index >= 15 is 0 Å². The van der Waals surface area contributed by atoms with Crippen molar-refractivity contribution in [1.82, 2.24) is 9.88 Å². The van der Waals surface area contributed by atoms with Crippen molar-refractivity contribution in [3.8, 4) is 11.5 Å². The van der Waals surface area contributed by atoms with E-state index in [1.807, 2.05) is 24.4 Å². The average Bonchev–Trinajstić information content (AvgIpc) is 3.32. The first kappa shape index (κ1) is 15.5. The monoisotopic (exact) mass is 366 g/mol. The zero-order chi connectivity index (χ0) is 18.2. The predicted octanol–water partition coefficient (Wildman–Crippen LogP) is 2.27. The number of benzene rings is 1. The molecule has 4 heterocycles. The summed E-state index contributed by atoms with van der Waals surface area (Å²) >= 11 is 0. The second kappa shape index (κ2) is 5.04. The zero-order valence-corrected chi connectivity index (χ0v) is 15.5. The molecule has 6 rings (SSSR count). The number of aromatic nitrogens is 1. The maximum absolute atomic E-state index is 6.35. The van der Waals surface area contributed by atoms with Crippen LogP contribution in [0.1, 0.15) is 12.8 Å². The molecule has 3 aliphatic heterocycles. The van der Waals surface area contributed by atoms with Crippen LogP contribution in [0, 0.1) is 5.92 Å². The Morgan fingerprint density at radius 1 is 1.19 bits per heavy atom. The highest BCUT2D eigenvalue weighted by Gasteiger charge is 2.77. The van der Waals surface area contributed by atoms with E-state index < -0.39 is 0 Å². The van der Waals surface area contributed by atoms with Crippen LogP contribution < -0.4 is 14.8 Å². The van der Waals surface area contributed by atoms with Gasteiger partial charge in [0.25, 0.3) is 6.02 Å². The second-order valence-electron chi connectivity index (χ2n) is 8.07. The Morgan fingerprint density at radius 2 is 2.00 bits per heavy atom. The highest BCUT2D eigenvalue weighted by Crippen LogP contribution is 2.67. The molecule has 2 unspecified atom stereocenters. The van der Waals surface area contributed by atoms with Gasteiger partial charge in [-0.05, 0) is 36.4 Å². The fraction of sp³-hybridized carbons (Fsp3) is 0.500. The molecule has 1 aromatic heterocycles. The number of amidine groups is 1. The molecule has 3 fully saturated rings. The van der Waals surface area contributed by atoms with Crippen LogP contribution in [0.15, 0.2) is 29.4 Å². The van der Waals surface area contributed by atoms with E-state index in [0.717, 1.165) is 29.7 Å². The van der Waals surface area contributed by atoms with Crippen molar-refractivity contribution >= 4 is 22.6 Å². The number of piperidine rings is 1. The van der Waals surface area contributed by atoms with Crippen LogP contribution in [0.4, 0.5) is 5.82 Å². The van der Waals surface area contributed by atoms with E-state index in [0.29, 0.717) is 29.0 Å². The molecular weight excluding hydrogens is 344 g/mol. The number of anilines is 1. The van der Waals surface area contributed by atoms with Gasteiger partial charge in [0.1, 0.15) is 11.4 Å². The minimum atomic E-state index is -0.119. The molecule has 7 nitrogen and oxygen atoms in total. The number of nitrogens with zero attached hydrogens (tertiary/aromatic N) is 3. The number of hydrogen-bond donors (Lipinski definition) is 1. The van der Waals surface area contributed by atoms with E-state index in [2.05, 4.69) is 20.2 Å². The Labute approximate surface area is 157 Å². The Hall–Kier alpha value is -2.54. The van der Waals surface area contributed by atoms with Gasteiger partial charge in [0.15, 0.2) is 11.5 Å². The fourth-order valence-electron chi connectivity index (χ4n) is 5.26. The van der Waals surface area contributed by atoms with Crippen molar-refractivity contribution in [2.75, 3.05) is 39.2 Å². The number of hydrogen-bond acceptors (Lipinski definition) is 7. The lowest BCUT2D eigenvalue weighted by Crippen LogP contribution is -2.49. The smallest absolute Gasteiger partial charge is 0.291 e. The van der Waals surface area contributed by atoms with Crippen LogP contribution in [0.3, 0.4) is 0 Å². The van der Waals surface area contributed by atoms with E-state index in [1.54, 1.807) is 14.2 Å². The largest absolute Gasteiger partial charge is 0.493 e. The number of rotatable bonds is 3. The first-order valence-electron chi connectivity index (χ1n) is 9.43. The van der Waals surface area contributed by atoms with Crippen LogP contribution in [0.25, 0.3) is 10.8 Å². The van der Waals surface area contributed by atoms with Gasteiger partial charge in [0.05, 0.1) is 20.8 Å². The molecule has 2 aromatic rings. The molecule has 27 heavy (non-hydrogen) atoms. The lowest BCUT2D eigenvalue weighted by Gasteiger charge is -2.39. The summed E-state index contributed by atoms with van der Waals surface area (Å²) < 4.78 is 17.1. The van der Waals surface area contributed by atoms with E-state index in [9.17, 15) is 0 Å². The van der Waals surface area contributed by atoms with Gasteiger partial charge >= 0.3 is 0 Å². The van der Waals surface area contributed by atoms with Gasteiger partial charge in [0.2, 0.25) is 0 Å². The maximum Gasteiger partial charge on any atom is 0.291 e. The van der Waals surface area contributed by atoms with Crippen molar-refractivity contribution < 1.29 is 14.2 Å². The topological polar surface area (TPSA) is 68.2 Å². The van der Waals surface area contributed by atoms with Gasteiger partial charge < -0.3 is 14.2 Å². The molecule has 2 saturated heterocycles. The first-order valence-corrected chi connectivity index (χ1v) is 9.43. The summed E-state index contributed by atoms with van der Waals surface area (Å²) in [5, 5.41) is 5.27. The summed E-state index contributed by atoms with van der Waals surface area (Å²) in [6, 6.07) is 6.45. The molecule has 0 bridgehead atoms. The van der Waals surface area contributed by atoms with Gasteiger partial charge in [-0.1, -0.05) is 0 Å². The Balaban J connectivity index is 1.23. The highest BCUT2D eigenvalue weighted by atomic mass is 16.5. The number of methoxy groups -OCH3 is 2. The molecule has 0 amide bonds. The first-order chi connectivity index (χ1) is 13.2. The Morgan fingerprint density at radius 3 is 2.63 bits per heavy atom. The third-order valence-electron chi connectivity index (χ3n) is 6.83. The number of fused-ring (bicyclic) bond motifs is 2. The third-order valence-corrected chi connectivity index (χ3v) is 6.83. The fourth-order valence-corrected chi connectivity index (χ4v) is 5.26. The summed E-state index contributed by atoms with van der Waals surface area (Å²) in [6.45, 7) is 2.97. The minimum absolute atomic E-state index is 0.119. The summed E-state index contributed by atoms with van der Waals surface area (Å²) in [6.07, 6.45) is 4.41. The molecule has 0 radical (unpaired) electrons. The number of nitrogens with one attached hydrogen (secondary N) is 1. The van der Waals surface area contributed by atoms with Crippen LogP contribution in [0.5, 0.6) is 11.5 Å². The molecule has 4 aliphatic rings. The van der Waals surface area contributed by atoms with Crippen molar-refractivity contribution in [2.45, 2.75) is 24.0 Å². The second-order valence-corrected chi connectivity index (χ2v) is 8.07. The van der Waals surface area contributed by atoms with Gasteiger partial charge in [-0.15, -0.1) is 0 Å². The van der Waals surface area contributed by atoms with Crippen molar-refractivity contribution in [1.29, 1.82) is 0 Å². The van der Waals surface area contributed by atoms with Crippen molar-refractivity contribution in [3.05, 3.63) is 24.4 Å². The summed E-state index contributed by atoms with van der Waals surface area (Å²) in [5.74, 6) is 2.76. The minimum Gasteiger partial charge on any atom is -0.493 e. The molecule has 1 N–H and O–H groups in total. The quantitative estimate of drug-likeness (QED) is 0.899. The lowest BCUT2D eigenvalue weighted by molar-refractivity contribution is 0.0433. The molecule has 1 saturated carbocycles. The van der Waals surface area contributed by atoms with Crippen molar-refractivity contribution in [3.63, 3.8) is 0 Å². The highest BCUT2D eigenvalue weighted by molar-refractivity contribution is 5.93. The molecule has 3 atom stereocenters. The van der Waals surface area contributed by atoms with Gasteiger partial charge in [-0.3, -0.25) is 10.2 Å². The molecule has 7 heteroatoms. The van der Waals surface area contributed by atoms with Gasteiger partial charge in [-0.2, -0.15) is 0 Å². The standard InChI is InChI=1S/C20H22N4O3/c1-25-14-5-12-7-17(21-9-13(12)6-15(14)26-2)23-18-22-10-20(27-18)11-24-4-3-19(24)8-16(19)20/h5-7,9,16H,3-4,8,10-11H2,1-2H3,(H,21,22,23)/t16?,19?,20-/m0/s1. The number of aliphatic imine (C=N–C) groups is 1. The summed E-state index contributed by atoms with van der Waals surface area (Å²) in [7, 11) is 3.27. The molecular formula is C20H22N4O3. The molecule has 1 aliphatic carbocycles. The molecule has 140 valence electrons. The normalized spacial score (nSPS) is 33.1. The van der Waals surface area contributed by atoms with Crippen molar-refractivity contribution in [2.24, 2.45) is 10.9 Å². The average molecular weight is 366 g/mol. The summed E-state index contributed by atoms with van der Waals surface area (Å²) in [5.41, 5.74) is 0.341. The van der Waals surface area contributed by atoms with Crippen LogP contribution in [0.2, 0.25) is 0 Å². The zero-order valence-electron chi connectivity index (χ0n) is 15.5. The Kier molecular flexibility index (Phi) is 2.90.